The smallest absolute Gasteiger partial charge is 0.261 e. The van der Waals surface area contributed by atoms with Gasteiger partial charge in [0, 0.05) is 17.8 Å². The van der Waals surface area contributed by atoms with Crippen LogP contribution in [0, 0.1) is 0 Å². The van der Waals surface area contributed by atoms with Gasteiger partial charge in [0.1, 0.15) is 0 Å². The molecular formula is C15H20N2O2S. The predicted octanol–water partition coefficient (Wildman–Crippen LogP) is 2.14. The van der Waals surface area contributed by atoms with Crippen molar-refractivity contribution in [3.63, 3.8) is 0 Å². The van der Waals surface area contributed by atoms with Crippen molar-refractivity contribution in [1.82, 2.24) is 4.90 Å². The van der Waals surface area contributed by atoms with Crippen molar-refractivity contribution in [2.24, 2.45) is 5.73 Å². The molecule has 0 atom stereocenters. The number of fused-ring (bicyclic) bond motifs is 1. The first-order valence-electron chi connectivity index (χ1n) is 6.72. The molecule has 1 aliphatic rings. The van der Waals surface area contributed by atoms with E-state index in [-0.39, 0.29) is 17.4 Å². The molecule has 0 spiro atoms. The van der Waals surface area contributed by atoms with Crippen molar-refractivity contribution >= 4 is 23.6 Å². The Kier molecular flexibility index (Phi) is 4.50. The van der Waals surface area contributed by atoms with Gasteiger partial charge in [-0.3, -0.25) is 14.5 Å². The molecule has 0 saturated heterocycles. The van der Waals surface area contributed by atoms with E-state index in [1.54, 1.807) is 36.0 Å². The standard InChI is InChI=1S/C15H20N2O2S/c1-15(2,16)10-20-9-5-8-17-13(18)11-6-3-4-7-12(11)14(17)19/h3-4,6-7H,5,8-10,16H2,1-2H3. The van der Waals surface area contributed by atoms with Crippen LogP contribution in [0.2, 0.25) is 0 Å². The van der Waals surface area contributed by atoms with Crippen LogP contribution in [0.3, 0.4) is 0 Å². The minimum absolute atomic E-state index is 0.172. The summed E-state index contributed by atoms with van der Waals surface area (Å²) < 4.78 is 0. The lowest BCUT2D eigenvalue weighted by Gasteiger charge is -2.18. The van der Waals surface area contributed by atoms with Crippen LogP contribution in [0.25, 0.3) is 0 Å². The van der Waals surface area contributed by atoms with Crippen molar-refractivity contribution in [2.75, 3.05) is 18.1 Å². The molecule has 20 heavy (non-hydrogen) atoms. The molecule has 1 aromatic carbocycles. The molecule has 108 valence electrons. The van der Waals surface area contributed by atoms with Gasteiger partial charge in [0.05, 0.1) is 11.1 Å². The number of benzene rings is 1. The summed E-state index contributed by atoms with van der Waals surface area (Å²) in [6, 6.07) is 6.99. The minimum Gasteiger partial charge on any atom is -0.325 e. The predicted molar refractivity (Wildman–Crippen MR) is 82.0 cm³/mol. The van der Waals surface area contributed by atoms with Crippen molar-refractivity contribution in [1.29, 1.82) is 0 Å². The van der Waals surface area contributed by atoms with Crippen LogP contribution in [0.15, 0.2) is 24.3 Å². The molecular weight excluding hydrogens is 272 g/mol. The van der Waals surface area contributed by atoms with E-state index < -0.39 is 0 Å². The highest BCUT2D eigenvalue weighted by Gasteiger charge is 2.34. The highest BCUT2D eigenvalue weighted by molar-refractivity contribution is 7.99. The Morgan fingerprint density at radius 3 is 2.20 bits per heavy atom. The van der Waals surface area contributed by atoms with Gasteiger partial charge in [-0.2, -0.15) is 11.8 Å². The maximum atomic E-state index is 12.1. The largest absolute Gasteiger partial charge is 0.325 e. The maximum Gasteiger partial charge on any atom is 0.261 e. The Morgan fingerprint density at radius 1 is 1.15 bits per heavy atom. The Labute approximate surface area is 123 Å². The van der Waals surface area contributed by atoms with Crippen LogP contribution in [-0.4, -0.2) is 40.3 Å². The summed E-state index contributed by atoms with van der Waals surface area (Å²) in [7, 11) is 0. The van der Waals surface area contributed by atoms with E-state index in [0.29, 0.717) is 17.7 Å². The Morgan fingerprint density at radius 2 is 1.70 bits per heavy atom. The molecule has 5 heteroatoms. The summed E-state index contributed by atoms with van der Waals surface area (Å²) in [5.41, 5.74) is 6.76. The van der Waals surface area contributed by atoms with Crippen molar-refractivity contribution in [3.05, 3.63) is 35.4 Å². The summed E-state index contributed by atoms with van der Waals surface area (Å²) in [6.07, 6.45) is 0.798. The second kappa shape index (κ2) is 5.97. The van der Waals surface area contributed by atoms with E-state index in [2.05, 4.69) is 0 Å². The van der Waals surface area contributed by atoms with E-state index in [9.17, 15) is 9.59 Å². The molecule has 4 nitrogen and oxygen atoms in total. The quantitative estimate of drug-likeness (QED) is 0.644. The summed E-state index contributed by atoms with van der Waals surface area (Å²) >= 11 is 1.76. The van der Waals surface area contributed by atoms with Crippen LogP contribution in [0.1, 0.15) is 41.0 Å². The summed E-state index contributed by atoms with van der Waals surface area (Å²) in [6.45, 7) is 4.46. The number of rotatable bonds is 6. The Balaban J connectivity index is 1.84. The van der Waals surface area contributed by atoms with Crippen LogP contribution in [0.5, 0.6) is 0 Å². The van der Waals surface area contributed by atoms with Gasteiger partial charge in [0.25, 0.3) is 11.8 Å². The summed E-state index contributed by atoms with van der Waals surface area (Å²) in [4.78, 5) is 25.6. The molecule has 1 heterocycles. The molecule has 2 N–H and O–H groups in total. The molecule has 0 saturated carbocycles. The monoisotopic (exact) mass is 292 g/mol. The van der Waals surface area contributed by atoms with Crippen molar-refractivity contribution < 1.29 is 9.59 Å². The second-order valence-electron chi connectivity index (χ2n) is 5.70. The van der Waals surface area contributed by atoms with Gasteiger partial charge in [-0.05, 0) is 38.2 Å². The zero-order valence-electron chi connectivity index (χ0n) is 11.9. The normalized spacial score (nSPS) is 14.8. The highest BCUT2D eigenvalue weighted by atomic mass is 32.2. The molecule has 0 unspecified atom stereocenters. The summed E-state index contributed by atoms with van der Waals surface area (Å²) in [5, 5.41) is 0. The van der Waals surface area contributed by atoms with Crippen LogP contribution in [-0.2, 0) is 0 Å². The Hall–Kier alpha value is -1.33. The zero-order chi connectivity index (χ0) is 14.8. The number of thioether (sulfide) groups is 1. The minimum atomic E-state index is -0.180. The fourth-order valence-electron chi connectivity index (χ4n) is 2.10. The third-order valence-corrected chi connectivity index (χ3v) is 4.55. The van der Waals surface area contributed by atoms with Gasteiger partial charge in [-0.1, -0.05) is 12.1 Å². The van der Waals surface area contributed by atoms with E-state index in [1.807, 2.05) is 13.8 Å². The molecule has 0 aromatic heterocycles. The van der Waals surface area contributed by atoms with E-state index >= 15 is 0 Å². The SMILES string of the molecule is CC(C)(N)CSCCCN1C(=O)c2ccccc2C1=O. The molecule has 2 amide bonds. The summed E-state index contributed by atoms with van der Waals surface area (Å²) in [5.74, 6) is 1.42. The van der Waals surface area contributed by atoms with Gasteiger partial charge in [-0.15, -0.1) is 0 Å². The van der Waals surface area contributed by atoms with Gasteiger partial charge >= 0.3 is 0 Å². The van der Waals surface area contributed by atoms with E-state index in [1.165, 1.54) is 4.90 Å². The number of imide groups is 1. The molecule has 0 aliphatic carbocycles. The Bertz CT molecular complexity index is 488. The number of amides is 2. The number of hydrogen-bond acceptors (Lipinski definition) is 4. The topological polar surface area (TPSA) is 63.4 Å². The van der Waals surface area contributed by atoms with Crippen LogP contribution >= 0.6 is 11.8 Å². The fraction of sp³-hybridized carbons (Fsp3) is 0.467. The van der Waals surface area contributed by atoms with Gasteiger partial charge in [-0.25, -0.2) is 0 Å². The number of carbonyl (C=O) groups excluding carboxylic acids is 2. The molecule has 0 radical (unpaired) electrons. The molecule has 1 aliphatic heterocycles. The lowest BCUT2D eigenvalue weighted by Crippen LogP contribution is -2.35. The average molecular weight is 292 g/mol. The number of carbonyl (C=O) groups is 2. The van der Waals surface area contributed by atoms with Gasteiger partial charge < -0.3 is 5.73 Å². The fourth-order valence-corrected chi connectivity index (χ4v) is 3.11. The number of hydrogen-bond donors (Lipinski definition) is 1. The van der Waals surface area contributed by atoms with E-state index in [0.717, 1.165) is 17.9 Å². The molecule has 0 fully saturated rings. The average Bonchev–Trinajstić information content (AvgIpc) is 2.62. The first-order valence-corrected chi connectivity index (χ1v) is 7.87. The van der Waals surface area contributed by atoms with Crippen molar-refractivity contribution in [2.45, 2.75) is 25.8 Å². The zero-order valence-corrected chi connectivity index (χ0v) is 12.7. The first-order chi connectivity index (χ1) is 9.40. The van der Waals surface area contributed by atoms with Crippen LogP contribution < -0.4 is 5.73 Å². The molecule has 2 rings (SSSR count). The maximum absolute atomic E-state index is 12.1. The lowest BCUT2D eigenvalue weighted by molar-refractivity contribution is 0.0655. The lowest BCUT2D eigenvalue weighted by atomic mass is 10.1. The van der Waals surface area contributed by atoms with Crippen LogP contribution in [0.4, 0.5) is 0 Å². The third kappa shape index (κ3) is 3.41. The molecule has 0 bridgehead atoms. The first kappa shape index (κ1) is 15.1. The van der Waals surface area contributed by atoms with Gasteiger partial charge in [0.15, 0.2) is 0 Å². The number of nitrogens with two attached hydrogens (primary N) is 1. The number of nitrogens with zero attached hydrogens (tertiary/aromatic N) is 1. The second-order valence-corrected chi connectivity index (χ2v) is 6.81. The van der Waals surface area contributed by atoms with Gasteiger partial charge in [0.2, 0.25) is 0 Å². The molecule has 1 aromatic rings. The highest BCUT2D eigenvalue weighted by Crippen LogP contribution is 2.22. The van der Waals surface area contributed by atoms with Crippen molar-refractivity contribution in [3.8, 4) is 0 Å². The third-order valence-electron chi connectivity index (χ3n) is 3.02. The van der Waals surface area contributed by atoms with E-state index in [4.69, 9.17) is 5.73 Å².